The van der Waals surface area contributed by atoms with Crippen molar-refractivity contribution < 1.29 is 9.18 Å². The first kappa shape index (κ1) is 23.9. The van der Waals surface area contributed by atoms with E-state index >= 15 is 0 Å². The maximum absolute atomic E-state index is 13.6. The van der Waals surface area contributed by atoms with Gasteiger partial charge in [-0.1, -0.05) is 18.2 Å². The van der Waals surface area contributed by atoms with Gasteiger partial charge in [-0.05, 0) is 81.1 Å². The Bertz CT molecular complexity index is 1070. The second-order valence-corrected chi connectivity index (χ2v) is 10.4. The zero-order valence-corrected chi connectivity index (χ0v) is 21.0. The molecule has 1 atom stereocenters. The van der Waals surface area contributed by atoms with E-state index in [1.807, 2.05) is 17.0 Å². The number of halogens is 1. The Hall–Kier alpha value is -2.23. The van der Waals surface area contributed by atoms with Crippen LogP contribution in [0.1, 0.15) is 48.5 Å². The Morgan fingerprint density at radius 2 is 1.91 bits per heavy atom. The molecule has 1 aromatic carbocycles. The summed E-state index contributed by atoms with van der Waals surface area (Å²) in [7, 11) is 1.83. The largest absolute Gasteiger partial charge is 0.340 e. The SMILES string of the molecule is Cc1ccsc1CN(C)C(=O)CSc1nnc([C@H](C)N2CCCCC2)n1-c1ccc(F)cc1. The number of amides is 1. The molecule has 1 fully saturated rings. The van der Waals surface area contributed by atoms with Gasteiger partial charge in [-0.2, -0.15) is 0 Å². The van der Waals surface area contributed by atoms with E-state index in [1.165, 1.54) is 53.6 Å². The van der Waals surface area contributed by atoms with Crippen LogP contribution in [0, 0.1) is 12.7 Å². The van der Waals surface area contributed by atoms with E-state index in [4.69, 9.17) is 0 Å². The predicted molar refractivity (Wildman–Crippen MR) is 131 cm³/mol. The van der Waals surface area contributed by atoms with Gasteiger partial charge in [0.25, 0.3) is 0 Å². The predicted octanol–water partition coefficient (Wildman–Crippen LogP) is 5.07. The van der Waals surface area contributed by atoms with Crippen LogP contribution in [-0.2, 0) is 11.3 Å². The number of aromatic nitrogens is 3. The first-order valence-corrected chi connectivity index (χ1v) is 13.2. The fourth-order valence-electron chi connectivity index (χ4n) is 4.05. The molecule has 0 radical (unpaired) electrons. The molecule has 6 nitrogen and oxygen atoms in total. The molecule has 0 bridgehead atoms. The summed E-state index contributed by atoms with van der Waals surface area (Å²) in [4.78, 5) is 18.2. The molecule has 2 aromatic heterocycles. The van der Waals surface area contributed by atoms with Crippen LogP contribution in [0.5, 0.6) is 0 Å². The third-order valence-corrected chi connectivity index (χ3v) is 8.08. The van der Waals surface area contributed by atoms with Gasteiger partial charge in [0, 0.05) is 17.6 Å². The van der Waals surface area contributed by atoms with Gasteiger partial charge in [0.2, 0.25) is 5.91 Å². The molecular formula is C24H30FN5OS2. The van der Waals surface area contributed by atoms with Crippen molar-refractivity contribution in [2.24, 2.45) is 0 Å². The Balaban J connectivity index is 1.53. The molecule has 33 heavy (non-hydrogen) atoms. The molecule has 176 valence electrons. The Morgan fingerprint density at radius 1 is 1.18 bits per heavy atom. The molecule has 0 unspecified atom stereocenters. The number of carbonyl (C=O) groups is 1. The average Bonchev–Trinajstić information content (AvgIpc) is 3.44. The quantitative estimate of drug-likeness (QED) is 0.415. The van der Waals surface area contributed by atoms with Gasteiger partial charge < -0.3 is 4.90 Å². The van der Waals surface area contributed by atoms with Crippen LogP contribution in [0.25, 0.3) is 5.69 Å². The summed E-state index contributed by atoms with van der Waals surface area (Å²) in [5.74, 6) is 0.832. The second kappa shape index (κ2) is 10.8. The second-order valence-electron chi connectivity index (χ2n) is 8.49. The molecule has 0 N–H and O–H groups in total. The molecule has 3 aromatic rings. The summed E-state index contributed by atoms with van der Waals surface area (Å²) < 4.78 is 15.6. The molecule has 4 rings (SSSR count). The van der Waals surface area contributed by atoms with Crippen molar-refractivity contribution in [2.45, 2.75) is 50.9 Å². The Morgan fingerprint density at radius 3 is 2.58 bits per heavy atom. The number of hydrogen-bond donors (Lipinski definition) is 0. The van der Waals surface area contributed by atoms with Crippen molar-refractivity contribution in [1.29, 1.82) is 0 Å². The summed E-state index contributed by atoms with van der Waals surface area (Å²) in [5, 5.41) is 11.7. The van der Waals surface area contributed by atoms with Crippen LogP contribution in [0.2, 0.25) is 0 Å². The van der Waals surface area contributed by atoms with Gasteiger partial charge in [0.05, 0.1) is 18.3 Å². The summed E-state index contributed by atoms with van der Waals surface area (Å²) >= 11 is 3.04. The van der Waals surface area contributed by atoms with Crippen molar-refractivity contribution >= 4 is 29.0 Å². The lowest BCUT2D eigenvalue weighted by Gasteiger charge is -2.31. The van der Waals surface area contributed by atoms with Gasteiger partial charge in [-0.15, -0.1) is 21.5 Å². The minimum absolute atomic E-state index is 0.0343. The van der Waals surface area contributed by atoms with Gasteiger partial charge >= 0.3 is 0 Å². The van der Waals surface area contributed by atoms with Crippen LogP contribution in [0.3, 0.4) is 0 Å². The lowest BCUT2D eigenvalue weighted by molar-refractivity contribution is -0.127. The first-order chi connectivity index (χ1) is 15.9. The van der Waals surface area contributed by atoms with E-state index in [9.17, 15) is 9.18 Å². The monoisotopic (exact) mass is 487 g/mol. The summed E-state index contributed by atoms with van der Waals surface area (Å²) in [6.07, 6.45) is 3.62. The number of carbonyl (C=O) groups excluding carboxylic acids is 1. The molecule has 0 saturated carbocycles. The molecular weight excluding hydrogens is 457 g/mol. The number of nitrogens with zero attached hydrogens (tertiary/aromatic N) is 5. The van der Waals surface area contributed by atoms with Gasteiger partial charge in [-0.25, -0.2) is 4.39 Å². The standard InChI is InChI=1S/C24H30FN5OS2/c1-17-11-14-32-21(17)15-28(3)22(31)16-33-24-27-26-23(18(2)29-12-5-4-6-13-29)30(24)20-9-7-19(25)8-10-20/h7-11,14,18H,4-6,12-13,15-16H2,1-3H3/t18-/m0/s1. The van der Waals surface area contributed by atoms with Crippen molar-refractivity contribution in [1.82, 2.24) is 24.6 Å². The first-order valence-electron chi connectivity index (χ1n) is 11.3. The van der Waals surface area contributed by atoms with E-state index in [-0.39, 0.29) is 23.5 Å². The highest BCUT2D eigenvalue weighted by Gasteiger charge is 2.26. The van der Waals surface area contributed by atoms with Gasteiger partial charge in [-0.3, -0.25) is 14.3 Å². The summed E-state index contributed by atoms with van der Waals surface area (Å²) in [6, 6.07) is 8.52. The molecule has 3 heterocycles. The number of rotatable bonds is 8. The Labute approximate surface area is 202 Å². The molecule has 9 heteroatoms. The minimum atomic E-state index is -0.285. The topological polar surface area (TPSA) is 54.3 Å². The van der Waals surface area contributed by atoms with Crippen molar-refractivity contribution in [3.05, 3.63) is 57.8 Å². The summed E-state index contributed by atoms with van der Waals surface area (Å²) in [5.41, 5.74) is 2.01. The fourth-order valence-corrected chi connectivity index (χ4v) is 5.91. The maximum atomic E-state index is 13.6. The van der Waals surface area contributed by atoms with Crippen LogP contribution in [0.4, 0.5) is 4.39 Å². The zero-order chi connectivity index (χ0) is 23.4. The Kier molecular flexibility index (Phi) is 7.82. The van der Waals surface area contributed by atoms with Crippen LogP contribution >= 0.6 is 23.1 Å². The van der Waals surface area contributed by atoms with Gasteiger partial charge in [0.1, 0.15) is 5.82 Å². The van der Waals surface area contributed by atoms with Crippen molar-refractivity contribution in [2.75, 3.05) is 25.9 Å². The third kappa shape index (κ3) is 5.65. The molecule has 1 aliphatic heterocycles. The van der Waals surface area contributed by atoms with E-state index in [0.717, 1.165) is 24.6 Å². The maximum Gasteiger partial charge on any atom is 0.233 e. The number of piperidine rings is 1. The van der Waals surface area contributed by atoms with E-state index in [1.54, 1.807) is 28.4 Å². The molecule has 1 aliphatic rings. The number of aryl methyl sites for hydroxylation is 1. The normalized spacial score (nSPS) is 15.5. The molecule has 0 spiro atoms. The zero-order valence-electron chi connectivity index (χ0n) is 19.3. The van der Waals surface area contributed by atoms with Crippen molar-refractivity contribution in [3.8, 4) is 5.69 Å². The number of thiophene rings is 1. The molecule has 1 amide bonds. The molecule has 1 saturated heterocycles. The minimum Gasteiger partial charge on any atom is -0.340 e. The van der Waals surface area contributed by atoms with E-state index < -0.39 is 0 Å². The van der Waals surface area contributed by atoms with Gasteiger partial charge in [0.15, 0.2) is 11.0 Å². The number of hydrogen-bond acceptors (Lipinski definition) is 6. The number of thioether (sulfide) groups is 1. The highest BCUT2D eigenvalue weighted by Crippen LogP contribution is 2.29. The average molecular weight is 488 g/mol. The highest BCUT2D eigenvalue weighted by atomic mass is 32.2. The van der Waals surface area contributed by atoms with E-state index in [0.29, 0.717) is 11.7 Å². The summed E-state index contributed by atoms with van der Waals surface area (Å²) in [6.45, 7) is 6.88. The van der Waals surface area contributed by atoms with Crippen LogP contribution < -0.4 is 0 Å². The van der Waals surface area contributed by atoms with Crippen molar-refractivity contribution in [3.63, 3.8) is 0 Å². The van der Waals surface area contributed by atoms with Crippen LogP contribution in [0.15, 0.2) is 40.9 Å². The van der Waals surface area contributed by atoms with E-state index in [2.05, 4.69) is 35.0 Å². The number of benzene rings is 1. The highest BCUT2D eigenvalue weighted by molar-refractivity contribution is 7.99. The fraction of sp³-hybridized carbons (Fsp3) is 0.458. The number of likely N-dealkylation sites (tertiary alicyclic amines) is 1. The smallest absolute Gasteiger partial charge is 0.233 e. The lowest BCUT2D eigenvalue weighted by atomic mass is 10.1. The van der Waals surface area contributed by atoms with Crippen LogP contribution in [-0.4, -0.2) is 56.4 Å². The third-order valence-electron chi connectivity index (χ3n) is 6.15. The lowest BCUT2D eigenvalue weighted by Crippen LogP contribution is -2.33. The molecule has 0 aliphatic carbocycles.